The van der Waals surface area contributed by atoms with E-state index in [4.69, 9.17) is 4.74 Å². The summed E-state index contributed by atoms with van der Waals surface area (Å²) in [5, 5.41) is 24.5. The molecule has 0 unspecified atom stereocenters. The van der Waals surface area contributed by atoms with Crippen LogP contribution in [-0.4, -0.2) is 78.7 Å². The zero-order valence-electron chi connectivity index (χ0n) is 28.6. The maximum atomic E-state index is 14.4. The van der Waals surface area contributed by atoms with Crippen LogP contribution in [0.3, 0.4) is 0 Å². The number of benzene rings is 2. The van der Waals surface area contributed by atoms with Gasteiger partial charge in [-0.3, -0.25) is 14.5 Å². The quantitative estimate of drug-likeness (QED) is 0.166. The van der Waals surface area contributed by atoms with Gasteiger partial charge in [0.15, 0.2) is 5.65 Å². The molecule has 4 heterocycles. The Kier molecular flexibility index (Phi) is 9.91. The first-order valence-corrected chi connectivity index (χ1v) is 17.3. The molecule has 3 aromatic heterocycles. The Morgan fingerprint density at radius 1 is 0.902 bits per heavy atom. The summed E-state index contributed by atoms with van der Waals surface area (Å²) >= 11 is 0. The van der Waals surface area contributed by atoms with Crippen molar-refractivity contribution < 1.29 is 23.8 Å². The molecule has 1 saturated heterocycles. The van der Waals surface area contributed by atoms with Gasteiger partial charge in [0, 0.05) is 61.8 Å². The third-order valence-corrected chi connectivity index (χ3v) is 9.47. The molecule has 1 saturated carbocycles. The molecule has 0 bridgehead atoms. The molecule has 1 aliphatic heterocycles. The highest BCUT2D eigenvalue weighted by Gasteiger charge is 2.27. The zero-order chi connectivity index (χ0) is 35.5. The van der Waals surface area contributed by atoms with Gasteiger partial charge in [0.05, 0.1) is 12.4 Å². The second kappa shape index (κ2) is 14.8. The van der Waals surface area contributed by atoms with Crippen LogP contribution >= 0.6 is 0 Å². The monoisotopic (exact) mass is 692 g/mol. The third-order valence-electron chi connectivity index (χ3n) is 9.47. The number of ether oxygens (including phenoxy) is 1. The molecule has 2 fully saturated rings. The number of pyridine rings is 1. The average Bonchev–Trinajstić information content (AvgIpc) is 3.55. The first-order valence-electron chi connectivity index (χ1n) is 17.3. The lowest BCUT2D eigenvalue weighted by Gasteiger charge is -2.36. The number of phenols is 1. The minimum absolute atomic E-state index is 0.0113. The molecule has 5 aromatic rings. The van der Waals surface area contributed by atoms with Crippen LogP contribution in [0.15, 0.2) is 79.4 Å². The molecule has 4 N–H and O–H groups in total. The van der Waals surface area contributed by atoms with Crippen molar-refractivity contribution in [1.82, 2.24) is 40.4 Å². The molecular formula is C38H41FN8O4. The van der Waals surface area contributed by atoms with Crippen molar-refractivity contribution in [3.05, 3.63) is 102 Å². The van der Waals surface area contributed by atoms with E-state index in [9.17, 15) is 19.1 Å². The van der Waals surface area contributed by atoms with E-state index in [1.807, 2.05) is 30.3 Å². The Morgan fingerprint density at radius 3 is 2.35 bits per heavy atom. The number of nitrogens with zero attached hydrogens (tertiary/aromatic N) is 5. The smallest absolute Gasteiger partial charge is 0.257 e. The highest BCUT2D eigenvalue weighted by Crippen LogP contribution is 2.32. The van der Waals surface area contributed by atoms with Crippen LogP contribution in [0.2, 0.25) is 0 Å². The van der Waals surface area contributed by atoms with Crippen LogP contribution in [0.5, 0.6) is 17.4 Å². The predicted octanol–water partition coefficient (Wildman–Crippen LogP) is 5.08. The number of amides is 2. The van der Waals surface area contributed by atoms with Crippen LogP contribution in [0.1, 0.15) is 65.8 Å². The van der Waals surface area contributed by atoms with Gasteiger partial charge in [0.2, 0.25) is 5.88 Å². The van der Waals surface area contributed by atoms with Gasteiger partial charge in [0.25, 0.3) is 11.8 Å². The first-order chi connectivity index (χ1) is 24.7. The largest absolute Gasteiger partial charge is 0.508 e. The normalized spacial score (nSPS) is 20.9. The van der Waals surface area contributed by atoms with Crippen molar-refractivity contribution in [2.24, 2.45) is 0 Å². The van der Waals surface area contributed by atoms with Gasteiger partial charge in [-0.1, -0.05) is 18.2 Å². The molecule has 2 amide bonds. The second-order valence-corrected chi connectivity index (χ2v) is 13.6. The SMILES string of the molecule is C[C@@H]1CN(Cc2cc(-c3cccc(Oc4ncc(F)cc4C(=O)NC4CCC(NC(=O)c5cnn6cccnc56)CC4)c3)ccc2O)C[C@H](C)N1. The predicted molar refractivity (Wildman–Crippen MR) is 189 cm³/mol. The summed E-state index contributed by atoms with van der Waals surface area (Å²) < 4.78 is 22.1. The maximum absolute atomic E-state index is 14.4. The number of rotatable bonds is 9. The van der Waals surface area contributed by atoms with Crippen LogP contribution in [-0.2, 0) is 6.54 Å². The fourth-order valence-corrected chi connectivity index (χ4v) is 7.12. The van der Waals surface area contributed by atoms with E-state index in [0.717, 1.165) is 42.0 Å². The van der Waals surface area contributed by atoms with Crippen molar-refractivity contribution in [3.63, 3.8) is 0 Å². The number of nitrogens with one attached hydrogen (secondary N) is 3. The Labute approximate surface area is 295 Å². The van der Waals surface area contributed by atoms with Gasteiger partial charge in [-0.25, -0.2) is 18.9 Å². The van der Waals surface area contributed by atoms with Crippen molar-refractivity contribution in [2.45, 2.75) is 70.2 Å². The first kappa shape index (κ1) is 34.1. The molecule has 12 nitrogen and oxygen atoms in total. The molecule has 7 rings (SSSR count). The molecular weight excluding hydrogens is 651 g/mol. The molecule has 2 aliphatic rings. The van der Waals surface area contributed by atoms with Crippen molar-refractivity contribution >= 4 is 17.5 Å². The van der Waals surface area contributed by atoms with Crippen LogP contribution < -0.4 is 20.7 Å². The molecule has 264 valence electrons. The average molecular weight is 693 g/mol. The third kappa shape index (κ3) is 8.00. The zero-order valence-corrected chi connectivity index (χ0v) is 28.6. The topological polar surface area (TPSA) is 146 Å². The summed E-state index contributed by atoms with van der Waals surface area (Å²) in [4.78, 5) is 37.1. The second-order valence-electron chi connectivity index (χ2n) is 13.6. The maximum Gasteiger partial charge on any atom is 0.257 e. The van der Waals surface area contributed by atoms with E-state index in [2.05, 4.69) is 49.8 Å². The molecule has 13 heteroatoms. The minimum Gasteiger partial charge on any atom is -0.508 e. The lowest BCUT2D eigenvalue weighted by atomic mass is 9.91. The summed E-state index contributed by atoms with van der Waals surface area (Å²) in [6.07, 6.45) is 8.46. The Hall–Kier alpha value is -5.40. The summed E-state index contributed by atoms with van der Waals surface area (Å²) in [6, 6.07) is 16.3. The molecule has 1 aliphatic carbocycles. The van der Waals surface area contributed by atoms with E-state index in [1.54, 1.807) is 35.1 Å². The van der Waals surface area contributed by atoms with Crippen molar-refractivity contribution in [2.75, 3.05) is 13.1 Å². The van der Waals surface area contributed by atoms with Crippen LogP contribution in [0.25, 0.3) is 16.8 Å². The number of hydrogen-bond donors (Lipinski definition) is 4. The van der Waals surface area contributed by atoms with Gasteiger partial charge in [-0.05, 0) is 87.1 Å². The lowest BCUT2D eigenvalue weighted by Crippen LogP contribution is -2.53. The molecule has 0 spiro atoms. The highest BCUT2D eigenvalue weighted by atomic mass is 19.1. The number of fused-ring (bicyclic) bond motifs is 1. The fourth-order valence-electron chi connectivity index (χ4n) is 7.12. The Morgan fingerprint density at radius 2 is 1.61 bits per heavy atom. The van der Waals surface area contributed by atoms with E-state index >= 15 is 0 Å². The number of piperazine rings is 1. The number of phenolic OH excluding ortho intramolecular Hbond substituents is 1. The van der Waals surface area contributed by atoms with E-state index in [1.165, 1.54) is 6.20 Å². The molecule has 2 atom stereocenters. The number of carbonyl (C=O) groups excluding carboxylic acids is 2. The number of aromatic nitrogens is 4. The standard InChI is InChI=1S/C38H41FN8O4/c1-23-20-46(21-24(2)43-23)22-27-15-26(7-12-34(27)48)25-5-3-6-31(16-25)51-38-32(17-28(39)18-41-38)36(49)44-29-8-10-30(11-9-29)45-37(50)33-19-42-47-14-4-13-40-35(33)47/h3-7,12-19,23-24,29-30,43,48H,8-11,20-22H2,1-2H3,(H,44,49)(H,45,50)/t23-,24+,29?,30?. The fraction of sp³-hybridized carbons (Fsp3) is 0.342. The van der Waals surface area contributed by atoms with Crippen LogP contribution in [0, 0.1) is 5.82 Å². The van der Waals surface area contributed by atoms with Crippen LogP contribution in [0.4, 0.5) is 4.39 Å². The molecule has 51 heavy (non-hydrogen) atoms. The molecule has 0 radical (unpaired) electrons. The van der Waals surface area contributed by atoms with Gasteiger partial charge in [-0.2, -0.15) is 5.10 Å². The minimum atomic E-state index is -0.653. The summed E-state index contributed by atoms with van der Waals surface area (Å²) in [6.45, 7) is 6.73. The number of hydrogen-bond acceptors (Lipinski definition) is 9. The van der Waals surface area contributed by atoms with Gasteiger partial charge < -0.3 is 25.8 Å². The van der Waals surface area contributed by atoms with Crippen molar-refractivity contribution in [3.8, 4) is 28.5 Å². The number of halogens is 1. The van der Waals surface area contributed by atoms with Gasteiger partial charge in [0.1, 0.15) is 28.4 Å². The Bertz CT molecular complexity index is 2040. The van der Waals surface area contributed by atoms with Crippen molar-refractivity contribution in [1.29, 1.82) is 0 Å². The number of carbonyl (C=O) groups is 2. The highest BCUT2D eigenvalue weighted by molar-refractivity contribution is 5.99. The summed E-state index contributed by atoms with van der Waals surface area (Å²) in [5.41, 5.74) is 3.47. The summed E-state index contributed by atoms with van der Waals surface area (Å²) in [7, 11) is 0. The van der Waals surface area contributed by atoms with E-state index in [0.29, 0.717) is 61.3 Å². The van der Waals surface area contributed by atoms with Gasteiger partial charge in [-0.15, -0.1) is 0 Å². The lowest BCUT2D eigenvalue weighted by molar-refractivity contribution is 0.0890. The van der Waals surface area contributed by atoms with E-state index < -0.39 is 11.7 Å². The molecule has 2 aromatic carbocycles. The Balaban J connectivity index is 0.987. The number of aromatic hydroxyl groups is 1. The van der Waals surface area contributed by atoms with E-state index in [-0.39, 0.29) is 35.2 Å². The van der Waals surface area contributed by atoms with Gasteiger partial charge >= 0.3 is 0 Å². The summed E-state index contributed by atoms with van der Waals surface area (Å²) in [5.74, 6) is -0.716.